The van der Waals surface area contributed by atoms with Crippen LogP contribution in [0.3, 0.4) is 0 Å². The van der Waals surface area contributed by atoms with E-state index in [1.165, 1.54) is 186 Å². The van der Waals surface area contributed by atoms with Crippen LogP contribution in [-0.2, 0) is 18.2 Å². The van der Waals surface area contributed by atoms with E-state index in [1.807, 2.05) is 0 Å². The first-order valence-corrected chi connectivity index (χ1v) is 24.0. The zero-order valence-corrected chi connectivity index (χ0v) is 35.8. The van der Waals surface area contributed by atoms with Crippen LogP contribution in [0.2, 0.25) is 0 Å². The Labute approximate surface area is 322 Å². The molecule has 0 saturated carbocycles. The van der Waals surface area contributed by atoms with Gasteiger partial charge in [-0.05, 0) is 12.8 Å². The lowest BCUT2D eigenvalue weighted by Gasteiger charge is -2.36. The summed E-state index contributed by atoms with van der Waals surface area (Å²) in [6, 6.07) is 0. The molecule has 9 nitrogen and oxygen atoms in total. The van der Waals surface area contributed by atoms with Crippen LogP contribution in [-0.4, -0.2) is 57.6 Å². The molecule has 0 aliphatic heterocycles. The summed E-state index contributed by atoms with van der Waals surface area (Å²) in [5, 5.41) is 30.1. The third-order valence-corrected chi connectivity index (χ3v) is 11.5. The molecule has 0 bridgehead atoms. The minimum absolute atomic E-state index is 0.234. The quantitative estimate of drug-likeness (QED) is 0.0301. The van der Waals surface area contributed by atoms with Gasteiger partial charge in [0.05, 0.1) is 31.3 Å². The summed E-state index contributed by atoms with van der Waals surface area (Å²) in [7, 11) is -5.85. The van der Waals surface area contributed by atoms with Crippen LogP contribution in [0.15, 0.2) is 0 Å². The Hall–Kier alpha value is -0.0800. The van der Waals surface area contributed by atoms with Crippen LogP contribution < -0.4 is 0 Å². The first-order valence-electron chi connectivity index (χ1n) is 21.8. The van der Waals surface area contributed by atoms with Gasteiger partial charge < -0.3 is 20.1 Å². The second kappa shape index (κ2) is 43.6. The van der Waals surface area contributed by atoms with Gasteiger partial charge in [0.15, 0.2) is 4.31 Å². The van der Waals surface area contributed by atoms with Gasteiger partial charge in [-0.15, -0.1) is 9.79 Å². The highest BCUT2D eigenvalue weighted by molar-refractivity contribution is 7.46. The Morgan fingerprint density at radius 2 is 0.673 bits per heavy atom. The number of unbranched alkanes of at least 4 members (excludes halogenated alkanes) is 30. The molecular formula is C41H86O9P2+2. The van der Waals surface area contributed by atoms with Gasteiger partial charge in [0.1, 0.15) is 0 Å². The summed E-state index contributed by atoms with van der Waals surface area (Å²) in [6.45, 7) is 4.53. The highest BCUT2D eigenvalue weighted by Crippen LogP contribution is 2.31. The maximum Gasteiger partial charge on any atom is 0.745 e. The first-order chi connectivity index (χ1) is 25.3. The van der Waals surface area contributed by atoms with Crippen LogP contribution in [0.1, 0.15) is 226 Å². The van der Waals surface area contributed by atoms with Gasteiger partial charge in [0.25, 0.3) is 0 Å². The largest absolute Gasteiger partial charge is 0.745 e. The Kier molecular flexibility index (Phi) is 45.3. The fourth-order valence-electron chi connectivity index (χ4n) is 6.84. The molecule has 3 atom stereocenters. The van der Waals surface area contributed by atoms with Crippen LogP contribution in [0, 0.1) is 5.41 Å². The van der Waals surface area contributed by atoms with Crippen molar-refractivity contribution in [2.45, 2.75) is 232 Å². The summed E-state index contributed by atoms with van der Waals surface area (Å²) in [5.41, 5.74) is -0.940. The lowest BCUT2D eigenvalue weighted by Crippen LogP contribution is -2.46. The van der Waals surface area contributed by atoms with E-state index in [0.29, 0.717) is 6.61 Å². The maximum atomic E-state index is 10.0. The predicted molar refractivity (Wildman–Crippen MR) is 218 cm³/mol. The average Bonchev–Trinajstić information content (AvgIpc) is 3.12. The molecule has 0 rings (SSSR count). The van der Waals surface area contributed by atoms with Gasteiger partial charge in [-0.2, -0.15) is 0 Å². The highest BCUT2D eigenvalue weighted by Gasteiger charge is 2.38. The van der Waals surface area contributed by atoms with Crippen molar-refractivity contribution in [2.75, 3.05) is 26.4 Å². The third kappa shape index (κ3) is 38.2. The Morgan fingerprint density at radius 1 is 0.423 bits per heavy atom. The van der Waals surface area contributed by atoms with Gasteiger partial charge in [0, 0.05) is 15.7 Å². The van der Waals surface area contributed by atoms with Crippen molar-refractivity contribution in [3.63, 3.8) is 0 Å². The molecule has 0 spiro atoms. The second-order valence-electron chi connectivity index (χ2n) is 15.1. The Morgan fingerprint density at radius 3 is 0.904 bits per heavy atom. The number of aliphatic hydroxyl groups excluding tert-OH is 3. The van der Waals surface area contributed by atoms with Gasteiger partial charge in [-0.3, -0.25) is 0 Å². The number of hydrogen-bond donors (Lipinski definition) is 5. The van der Waals surface area contributed by atoms with E-state index < -0.39 is 21.9 Å². The SMILES string of the molecule is CCCCCCCCCCCCCCCCCCOC(CCCCCCCCCCCCCCCCCC)C(CO)(CO)CO.O=[P+](O)O[P+](=O)O. The molecule has 0 fully saturated rings. The zero-order chi connectivity index (χ0) is 38.8. The minimum atomic E-state index is -2.92. The molecule has 52 heavy (non-hydrogen) atoms. The van der Waals surface area contributed by atoms with Gasteiger partial charge in [-0.1, -0.05) is 213 Å². The molecular weight excluding hydrogens is 698 g/mol. The first kappa shape index (κ1) is 54.0. The minimum Gasteiger partial charge on any atom is -0.396 e. The monoisotopic (exact) mass is 785 g/mol. The topological polar surface area (TPSA) is 154 Å². The molecule has 0 aliphatic carbocycles. The van der Waals surface area contributed by atoms with Crippen molar-refractivity contribution in [1.82, 2.24) is 0 Å². The summed E-state index contributed by atoms with van der Waals surface area (Å²) >= 11 is 0. The van der Waals surface area contributed by atoms with E-state index in [9.17, 15) is 24.4 Å². The smallest absolute Gasteiger partial charge is 0.396 e. The second-order valence-corrected chi connectivity index (χ2v) is 16.8. The summed E-state index contributed by atoms with van der Waals surface area (Å²) in [5.74, 6) is 0. The van der Waals surface area contributed by atoms with E-state index in [1.54, 1.807) is 0 Å². The van der Waals surface area contributed by atoms with E-state index in [-0.39, 0.29) is 25.9 Å². The van der Waals surface area contributed by atoms with Crippen molar-refractivity contribution in [3.8, 4) is 0 Å². The van der Waals surface area contributed by atoms with Crippen LogP contribution in [0.5, 0.6) is 0 Å². The van der Waals surface area contributed by atoms with Gasteiger partial charge >= 0.3 is 16.5 Å². The molecule has 312 valence electrons. The van der Waals surface area contributed by atoms with Crippen LogP contribution in [0.4, 0.5) is 0 Å². The molecule has 0 amide bonds. The van der Waals surface area contributed by atoms with Crippen LogP contribution in [0.25, 0.3) is 0 Å². The third-order valence-electron chi connectivity index (χ3n) is 10.4. The van der Waals surface area contributed by atoms with E-state index >= 15 is 0 Å². The molecule has 11 heteroatoms. The van der Waals surface area contributed by atoms with E-state index in [0.717, 1.165) is 25.7 Å². The fourth-order valence-corrected chi connectivity index (χ4v) is 7.31. The molecule has 0 radical (unpaired) electrons. The van der Waals surface area contributed by atoms with Crippen molar-refractivity contribution < 1.29 is 43.3 Å². The normalized spacial score (nSPS) is 12.8. The lowest BCUT2D eigenvalue weighted by molar-refractivity contribution is -0.117. The number of ether oxygens (including phenoxy) is 1. The standard InChI is InChI=1S/C41H84O4.O5P2/c1-3-5-7-9-11-13-15-17-19-21-23-25-27-29-31-33-35-40(41(37-42,38-43)39-44)45-36-34-32-30-28-26-24-22-20-18-16-14-12-10-8-6-4-2;1-6(2)5-7(3)4/h40,42-44H,3-39H2,1-2H3;/p+2. The molecule has 0 aromatic rings. The highest BCUT2D eigenvalue weighted by atomic mass is 31.2. The Bertz CT molecular complexity index is 721. The van der Waals surface area contributed by atoms with Crippen molar-refractivity contribution in [3.05, 3.63) is 0 Å². The van der Waals surface area contributed by atoms with E-state index in [2.05, 4.69) is 18.2 Å². The summed E-state index contributed by atoms with van der Waals surface area (Å²) in [4.78, 5) is 15.3. The number of aliphatic hydroxyl groups is 3. The molecule has 0 saturated heterocycles. The van der Waals surface area contributed by atoms with Crippen LogP contribution >= 0.6 is 16.5 Å². The molecule has 3 unspecified atom stereocenters. The van der Waals surface area contributed by atoms with E-state index in [4.69, 9.17) is 14.5 Å². The average molecular weight is 785 g/mol. The fraction of sp³-hybridized carbons (Fsp3) is 1.00. The van der Waals surface area contributed by atoms with Crippen molar-refractivity contribution in [2.24, 2.45) is 5.41 Å². The lowest BCUT2D eigenvalue weighted by atomic mass is 9.81. The Balaban J connectivity index is 0. The van der Waals surface area contributed by atoms with Gasteiger partial charge in [0.2, 0.25) is 0 Å². The maximum absolute atomic E-state index is 10.0. The van der Waals surface area contributed by atoms with Crippen molar-refractivity contribution >= 4 is 16.5 Å². The van der Waals surface area contributed by atoms with Gasteiger partial charge in [-0.25, -0.2) is 0 Å². The molecule has 0 aromatic heterocycles. The molecule has 5 N–H and O–H groups in total. The molecule has 0 aliphatic rings. The van der Waals surface area contributed by atoms with Crippen molar-refractivity contribution in [1.29, 1.82) is 0 Å². The number of hydrogen-bond acceptors (Lipinski definition) is 7. The zero-order valence-electron chi connectivity index (χ0n) is 34.0. The predicted octanol–water partition coefficient (Wildman–Crippen LogP) is 12.6. The summed E-state index contributed by atoms with van der Waals surface area (Å²) in [6.07, 6.45) is 43.7. The summed E-state index contributed by atoms with van der Waals surface area (Å²) < 4.78 is 28.4. The number of rotatable bonds is 41. The molecule has 0 aromatic carbocycles. The molecule has 0 heterocycles.